The molecule has 0 atom stereocenters. The van der Waals surface area contributed by atoms with E-state index < -0.39 is 11.9 Å². The van der Waals surface area contributed by atoms with Gasteiger partial charge in [0, 0.05) is 35.1 Å². The molecule has 0 spiro atoms. The van der Waals surface area contributed by atoms with Crippen LogP contribution in [0.1, 0.15) is 10.6 Å². The number of aryl methyl sites for hydroxylation is 1. The minimum atomic E-state index is -1.26. The van der Waals surface area contributed by atoms with Crippen LogP contribution in [0, 0.1) is 6.92 Å². The van der Waals surface area contributed by atoms with Crippen LogP contribution in [0.2, 0.25) is 0 Å². The second-order valence-electron chi connectivity index (χ2n) is 3.89. The van der Waals surface area contributed by atoms with Gasteiger partial charge in [0.2, 0.25) is 5.13 Å². The quantitative estimate of drug-likeness (QED) is 0.197. The fourth-order valence-corrected chi connectivity index (χ4v) is 2.79. The van der Waals surface area contributed by atoms with Crippen LogP contribution in [0.5, 0.6) is 0 Å². The van der Waals surface area contributed by atoms with Crippen LogP contribution in [0.4, 0.5) is 5.13 Å². The summed E-state index contributed by atoms with van der Waals surface area (Å²) in [6.07, 6.45) is 1.12. The Bertz CT molecular complexity index is 566. The van der Waals surface area contributed by atoms with Crippen molar-refractivity contribution >= 4 is 46.1 Å². The van der Waals surface area contributed by atoms with E-state index in [9.17, 15) is 9.59 Å². The average Bonchev–Trinajstić information content (AvgIpc) is 2.77. The van der Waals surface area contributed by atoms with Gasteiger partial charge in [0.1, 0.15) is 0 Å². The Morgan fingerprint density at radius 3 is 2.30 bits per heavy atom. The van der Waals surface area contributed by atoms with Crippen LogP contribution in [-0.2, 0) is 15.3 Å². The van der Waals surface area contributed by atoms with Crippen molar-refractivity contribution < 1.29 is 19.8 Å². The molecule has 0 saturated carbocycles. The lowest BCUT2D eigenvalue weighted by atomic mass is 10.4. The van der Waals surface area contributed by atoms with Crippen LogP contribution < -0.4 is 17.2 Å². The number of aliphatic carboxylic acids is 2. The summed E-state index contributed by atoms with van der Waals surface area (Å²) in [7, 11) is 0. The number of carboxylic acid groups (broad SMARTS) is 2. The van der Waals surface area contributed by atoms with Crippen molar-refractivity contribution in [2.45, 2.75) is 12.7 Å². The number of hydrogen-bond acceptors (Lipinski definition) is 7. The first-order valence-corrected chi connectivity index (χ1v) is 8.21. The van der Waals surface area contributed by atoms with Gasteiger partial charge < -0.3 is 27.4 Å². The van der Waals surface area contributed by atoms with Gasteiger partial charge in [-0.05, 0) is 6.92 Å². The number of hydrogen-bond donors (Lipinski definition) is 5. The molecule has 23 heavy (non-hydrogen) atoms. The number of thioether (sulfide) groups is 1. The zero-order valence-corrected chi connectivity index (χ0v) is 14.1. The number of rotatable bonds is 7. The molecule has 1 aromatic heterocycles. The summed E-state index contributed by atoms with van der Waals surface area (Å²) in [5.41, 5.74) is 17.0. The summed E-state index contributed by atoms with van der Waals surface area (Å²) >= 11 is 3.26. The van der Waals surface area contributed by atoms with Crippen molar-refractivity contribution in [3.63, 3.8) is 0 Å². The largest absolute Gasteiger partial charge is 0.478 e. The maximum atomic E-state index is 9.55. The average molecular weight is 361 g/mol. The molecule has 0 aliphatic rings. The molecule has 11 heteroatoms. The van der Waals surface area contributed by atoms with E-state index in [2.05, 4.69) is 9.98 Å². The Kier molecular flexibility index (Phi) is 10.4. The van der Waals surface area contributed by atoms with E-state index in [1.54, 1.807) is 11.8 Å². The number of carboxylic acids is 2. The molecule has 0 saturated heterocycles. The fraction of sp³-hybridized carbons (Fsp3) is 0.333. The van der Waals surface area contributed by atoms with Crippen molar-refractivity contribution in [2.24, 2.45) is 22.2 Å². The predicted molar refractivity (Wildman–Crippen MR) is 91.9 cm³/mol. The number of carbonyl (C=O) groups is 2. The summed E-state index contributed by atoms with van der Waals surface area (Å²) in [5, 5.41) is 16.2. The molecule has 0 amide bonds. The number of nitrogens with zero attached hydrogens (tertiary/aromatic N) is 2. The van der Waals surface area contributed by atoms with Gasteiger partial charge in [0.15, 0.2) is 5.96 Å². The highest BCUT2D eigenvalue weighted by Gasteiger charge is 2.06. The molecule has 1 aromatic rings. The molecule has 0 aromatic carbocycles. The molecule has 0 bridgehead atoms. The number of aromatic nitrogens is 1. The standard InChI is InChI=1S/C8H15N5S2.C4H4O4/c1-5-6(4-14-3-2-9)12-8(15-5)13-7(10)11;5-3(6)1-2-4(7)8/h2-4,9H2,1H3,(H4,10,11,12,13);1-2H,(H,5,6)(H,7,8)/b;2-1-. The van der Waals surface area contributed by atoms with Crippen LogP contribution in [-0.4, -0.2) is 45.4 Å². The van der Waals surface area contributed by atoms with Crippen molar-refractivity contribution in [3.05, 3.63) is 22.7 Å². The minimum absolute atomic E-state index is 0.0462. The number of nitrogens with two attached hydrogens (primary N) is 3. The molecule has 0 unspecified atom stereocenters. The third-order valence-electron chi connectivity index (χ3n) is 1.98. The van der Waals surface area contributed by atoms with Crippen molar-refractivity contribution in [1.29, 1.82) is 0 Å². The highest BCUT2D eigenvalue weighted by atomic mass is 32.2. The molecule has 0 aliphatic heterocycles. The van der Waals surface area contributed by atoms with Gasteiger partial charge in [0.25, 0.3) is 0 Å². The molecule has 0 aliphatic carbocycles. The van der Waals surface area contributed by atoms with E-state index in [1.807, 2.05) is 6.92 Å². The molecular formula is C12H19N5O4S2. The van der Waals surface area contributed by atoms with Gasteiger partial charge in [-0.3, -0.25) is 0 Å². The first-order valence-electron chi connectivity index (χ1n) is 6.24. The highest BCUT2D eigenvalue weighted by molar-refractivity contribution is 7.98. The van der Waals surface area contributed by atoms with E-state index in [1.165, 1.54) is 11.3 Å². The smallest absolute Gasteiger partial charge is 0.328 e. The SMILES string of the molecule is Cc1sc(N=C(N)N)nc1CSCCN.O=C(O)/C=C\C(=O)O. The third kappa shape index (κ3) is 11.2. The molecule has 0 fully saturated rings. The van der Waals surface area contributed by atoms with Crippen molar-refractivity contribution in [3.8, 4) is 0 Å². The highest BCUT2D eigenvalue weighted by Crippen LogP contribution is 2.26. The summed E-state index contributed by atoms with van der Waals surface area (Å²) in [6.45, 7) is 2.70. The van der Waals surface area contributed by atoms with Crippen LogP contribution >= 0.6 is 23.1 Å². The lowest BCUT2D eigenvalue weighted by molar-refractivity contribution is -0.134. The van der Waals surface area contributed by atoms with Crippen LogP contribution in [0.3, 0.4) is 0 Å². The first-order chi connectivity index (χ1) is 10.8. The Morgan fingerprint density at radius 2 is 1.87 bits per heavy atom. The molecule has 9 nitrogen and oxygen atoms in total. The van der Waals surface area contributed by atoms with Gasteiger partial charge in [-0.1, -0.05) is 11.3 Å². The van der Waals surface area contributed by atoms with E-state index in [4.69, 9.17) is 27.4 Å². The first kappa shape index (κ1) is 20.9. The summed E-state index contributed by atoms with van der Waals surface area (Å²) in [4.78, 5) is 28.5. The lowest BCUT2D eigenvalue weighted by Gasteiger charge is -1.96. The summed E-state index contributed by atoms with van der Waals surface area (Å²) in [6, 6.07) is 0. The fourth-order valence-electron chi connectivity index (χ4n) is 1.10. The predicted octanol–water partition coefficient (Wildman–Crippen LogP) is 0.260. The van der Waals surface area contributed by atoms with Crippen LogP contribution in [0.25, 0.3) is 0 Å². The Balaban J connectivity index is 0.000000515. The number of aliphatic imine (C=N–C) groups is 1. The molecule has 128 valence electrons. The second-order valence-corrected chi connectivity index (χ2v) is 6.17. The topological polar surface area (TPSA) is 178 Å². The monoisotopic (exact) mass is 361 g/mol. The number of guanidine groups is 1. The Morgan fingerprint density at radius 1 is 1.30 bits per heavy atom. The van der Waals surface area contributed by atoms with E-state index in [0.717, 1.165) is 22.1 Å². The van der Waals surface area contributed by atoms with Crippen molar-refractivity contribution in [2.75, 3.05) is 12.3 Å². The summed E-state index contributed by atoms with van der Waals surface area (Å²) in [5.74, 6) is -0.668. The lowest BCUT2D eigenvalue weighted by Crippen LogP contribution is -2.21. The maximum Gasteiger partial charge on any atom is 0.328 e. The van der Waals surface area contributed by atoms with Gasteiger partial charge in [0.05, 0.1) is 5.69 Å². The molecular weight excluding hydrogens is 342 g/mol. The normalized spacial score (nSPS) is 10.0. The van der Waals surface area contributed by atoms with Gasteiger partial charge in [-0.25, -0.2) is 14.6 Å². The Hall–Kier alpha value is -2.11. The zero-order chi connectivity index (χ0) is 17.8. The molecule has 0 radical (unpaired) electrons. The molecule has 1 heterocycles. The van der Waals surface area contributed by atoms with Gasteiger partial charge in [-0.2, -0.15) is 16.8 Å². The summed E-state index contributed by atoms with van der Waals surface area (Å²) < 4.78 is 0. The zero-order valence-electron chi connectivity index (χ0n) is 12.4. The van der Waals surface area contributed by atoms with Gasteiger partial charge in [-0.15, -0.1) is 0 Å². The third-order valence-corrected chi connectivity index (χ3v) is 3.88. The maximum absolute atomic E-state index is 9.55. The van der Waals surface area contributed by atoms with E-state index in [0.29, 0.717) is 23.8 Å². The number of thiazole rings is 1. The minimum Gasteiger partial charge on any atom is -0.478 e. The molecule has 1 rings (SSSR count). The Labute approximate surface area is 141 Å². The van der Waals surface area contributed by atoms with Crippen LogP contribution in [0.15, 0.2) is 17.1 Å². The second kappa shape index (κ2) is 11.5. The molecule has 8 N–H and O–H groups in total. The van der Waals surface area contributed by atoms with Gasteiger partial charge >= 0.3 is 11.9 Å². The van der Waals surface area contributed by atoms with E-state index >= 15 is 0 Å². The van der Waals surface area contributed by atoms with E-state index in [-0.39, 0.29) is 5.96 Å². The van der Waals surface area contributed by atoms with Crippen molar-refractivity contribution in [1.82, 2.24) is 4.98 Å².